The van der Waals surface area contributed by atoms with Crippen molar-refractivity contribution in [1.82, 2.24) is 15.0 Å². The summed E-state index contributed by atoms with van der Waals surface area (Å²) in [5.41, 5.74) is 1.86. The van der Waals surface area contributed by atoms with Gasteiger partial charge in [-0.3, -0.25) is 4.79 Å². The van der Waals surface area contributed by atoms with Gasteiger partial charge in [-0.05, 0) is 47.5 Å². The van der Waals surface area contributed by atoms with Crippen molar-refractivity contribution >= 4 is 40.1 Å². The zero-order chi connectivity index (χ0) is 22.7. The van der Waals surface area contributed by atoms with Crippen LogP contribution in [0.2, 0.25) is 10.0 Å². The van der Waals surface area contributed by atoms with Gasteiger partial charge in [0.05, 0.1) is 17.0 Å². The zero-order valence-electron chi connectivity index (χ0n) is 16.6. The summed E-state index contributed by atoms with van der Waals surface area (Å²) >= 11 is 12.0. The predicted octanol–water partition coefficient (Wildman–Crippen LogP) is 4.69. The van der Waals surface area contributed by atoms with Crippen LogP contribution in [-0.2, 0) is 11.3 Å². The van der Waals surface area contributed by atoms with Gasteiger partial charge >= 0.3 is 5.97 Å². The molecule has 1 aromatic heterocycles. The summed E-state index contributed by atoms with van der Waals surface area (Å²) in [5, 5.41) is 18.6. The summed E-state index contributed by atoms with van der Waals surface area (Å²) in [7, 11) is 0. The van der Waals surface area contributed by atoms with Gasteiger partial charge in [0.25, 0.3) is 5.56 Å². The third-order valence-electron chi connectivity index (χ3n) is 4.89. The lowest BCUT2D eigenvalue weighted by molar-refractivity contribution is -0.145. The molecule has 3 aromatic carbocycles. The number of aryl methyl sites for hydroxylation is 1. The number of hydrogen-bond donors (Lipinski definition) is 1. The Hall–Kier alpha value is -3.42. The lowest BCUT2D eigenvalue weighted by Gasteiger charge is -2.16. The van der Waals surface area contributed by atoms with Crippen LogP contribution in [0.25, 0.3) is 22.0 Å². The first-order chi connectivity index (χ1) is 15.4. The fourth-order valence-corrected chi connectivity index (χ4v) is 3.61. The minimum Gasteiger partial charge on any atom is -0.479 e. The first-order valence-electron chi connectivity index (χ1n) is 9.70. The molecule has 9 heteroatoms. The van der Waals surface area contributed by atoms with Crippen molar-refractivity contribution < 1.29 is 14.6 Å². The molecule has 0 amide bonds. The van der Waals surface area contributed by atoms with Crippen LogP contribution >= 0.6 is 23.2 Å². The molecule has 0 saturated carbocycles. The maximum absolute atomic E-state index is 12.7. The standard InChI is InChI=1S/C23H17Cl2N3O4/c24-16-8-4-14(5-9-16)15-6-10-17(11-7-15)32-20(23(30)31)12-13-28-22(29)21-18(25)2-1-3-19(21)26-27-28/h1-11,20H,12-13H2,(H,30,31). The van der Waals surface area contributed by atoms with E-state index in [2.05, 4.69) is 10.3 Å². The maximum atomic E-state index is 12.7. The third kappa shape index (κ3) is 4.74. The molecule has 1 atom stereocenters. The van der Waals surface area contributed by atoms with Crippen molar-refractivity contribution in [2.45, 2.75) is 19.1 Å². The fraction of sp³-hybridized carbons (Fsp3) is 0.130. The Morgan fingerprint density at radius 1 is 1.00 bits per heavy atom. The molecule has 1 N–H and O–H groups in total. The van der Waals surface area contributed by atoms with Crippen LogP contribution in [0, 0.1) is 0 Å². The quantitative estimate of drug-likeness (QED) is 0.421. The maximum Gasteiger partial charge on any atom is 0.344 e. The third-order valence-corrected chi connectivity index (χ3v) is 5.46. The second-order valence-electron chi connectivity index (χ2n) is 7.02. The first-order valence-corrected chi connectivity index (χ1v) is 10.5. The van der Waals surface area contributed by atoms with Crippen molar-refractivity contribution in [3.05, 3.63) is 87.1 Å². The van der Waals surface area contributed by atoms with Crippen molar-refractivity contribution in [3.8, 4) is 16.9 Å². The highest BCUT2D eigenvalue weighted by molar-refractivity contribution is 6.35. The van der Waals surface area contributed by atoms with E-state index < -0.39 is 17.6 Å². The van der Waals surface area contributed by atoms with Crippen LogP contribution in [0.5, 0.6) is 5.75 Å². The Balaban J connectivity index is 1.48. The summed E-state index contributed by atoms with van der Waals surface area (Å²) in [6.45, 7) is 0.00677. The van der Waals surface area contributed by atoms with E-state index in [0.29, 0.717) is 16.3 Å². The van der Waals surface area contributed by atoms with Gasteiger partial charge in [-0.1, -0.05) is 58.7 Å². The van der Waals surface area contributed by atoms with Crippen LogP contribution in [-0.4, -0.2) is 32.2 Å². The molecule has 0 aliphatic rings. The average Bonchev–Trinajstić information content (AvgIpc) is 2.78. The average molecular weight is 470 g/mol. The van der Waals surface area contributed by atoms with E-state index in [-0.39, 0.29) is 23.4 Å². The molecule has 162 valence electrons. The monoisotopic (exact) mass is 469 g/mol. The Morgan fingerprint density at radius 3 is 2.31 bits per heavy atom. The number of fused-ring (bicyclic) bond motifs is 1. The van der Waals surface area contributed by atoms with E-state index in [1.807, 2.05) is 24.3 Å². The highest BCUT2D eigenvalue weighted by Gasteiger charge is 2.21. The molecule has 1 unspecified atom stereocenters. The van der Waals surface area contributed by atoms with Gasteiger partial charge in [-0.2, -0.15) is 0 Å². The molecule has 4 rings (SSSR count). The molecule has 7 nitrogen and oxygen atoms in total. The predicted molar refractivity (Wildman–Crippen MR) is 122 cm³/mol. The number of benzene rings is 3. The van der Waals surface area contributed by atoms with Crippen molar-refractivity contribution in [2.24, 2.45) is 0 Å². The number of ether oxygens (including phenoxy) is 1. The minimum absolute atomic E-state index is 0.00677. The lowest BCUT2D eigenvalue weighted by Crippen LogP contribution is -2.32. The molecular weight excluding hydrogens is 453 g/mol. The summed E-state index contributed by atoms with van der Waals surface area (Å²) in [5.74, 6) is -0.748. The smallest absolute Gasteiger partial charge is 0.344 e. The fourth-order valence-electron chi connectivity index (χ4n) is 3.23. The van der Waals surface area contributed by atoms with E-state index in [0.717, 1.165) is 15.8 Å². The van der Waals surface area contributed by atoms with Crippen molar-refractivity contribution in [3.63, 3.8) is 0 Å². The SMILES string of the molecule is O=C(O)C(CCn1nnc2cccc(Cl)c2c1=O)Oc1ccc(-c2ccc(Cl)cc2)cc1. The summed E-state index contributed by atoms with van der Waals surface area (Å²) in [4.78, 5) is 24.4. The Bertz CT molecular complexity index is 1320. The Morgan fingerprint density at radius 2 is 1.66 bits per heavy atom. The molecule has 0 fully saturated rings. The van der Waals surface area contributed by atoms with Crippen LogP contribution < -0.4 is 10.3 Å². The van der Waals surface area contributed by atoms with Crippen LogP contribution in [0.15, 0.2) is 71.5 Å². The zero-order valence-corrected chi connectivity index (χ0v) is 18.1. The second kappa shape index (κ2) is 9.38. The molecule has 0 aliphatic carbocycles. The van der Waals surface area contributed by atoms with Gasteiger partial charge in [0.15, 0.2) is 6.10 Å². The molecule has 0 spiro atoms. The van der Waals surface area contributed by atoms with E-state index in [9.17, 15) is 14.7 Å². The highest BCUT2D eigenvalue weighted by Crippen LogP contribution is 2.25. The first kappa shape index (κ1) is 21.8. The number of carbonyl (C=O) groups is 1. The summed E-state index contributed by atoms with van der Waals surface area (Å²) in [6, 6.07) is 19.3. The molecule has 0 aliphatic heterocycles. The molecule has 0 radical (unpaired) electrons. The largest absolute Gasteiger partial charge is 0.479 e. The van der Waals surface area contributed by atoms with E-state index in [1.54, 1.807) is 42.5 Å². The Labute approximate surface area is 192 Å². The normalized spacial score (nSPS) is 11.9. The Kier molecular flexibility index (Phi) is 6.39. The van der Waals surface area contributed by atoms with E-state index in [4.69, 9.17) is 27.9 Å². The number of carboxylic acid groups (broad SMARTS) is 1. The number of halogens is 2. The van der Waals surface area contributed by atoms with Crippen molar-refractivity contribution in [2.75, 3.05) is 0 Å². The summed E-state index contributed by atoms with van der Waals surface area (Å²) < 4.78 is 6.74. The van der Waals surface area contributed by atoms with Crippen LogP contribution in [0.1, 0.15) is 6.42 Å². The van der Waals surface area contributed by atoms with Gasteiger partial charge in [0.1, 0.15) is 11.3 Å². The van der Waals surface area contributed by atoms with Crippen molar-refractivity contribution in [1.29, 1.82) is 0 Å². The number of aromatic nitrogens is 3. The van der Waals surface area contributed by atoms with Gasteiger partial charge < -0.3 is 9.84 Å². The van der Waals surface area contributed by atoms with Gasteiger partial charge in [-0.15, -0.1) is 5.10 Å². The van der Waals surface area contributed by atoms with Gasteiger partial charge in [-0.25, -0.2) is 9.48 Å². The number of aliphatic carboxylic acids is 1. The molecule has 32 heavy (non-hydrogen) atoms. The minimum atomic E-state index is -1.17. The van der Waals surface area contributed by atoms with E-state index >= 15 is 0 Å². The molecule has 1 heterocycles. The molecule has 0 bridgehead atoms. The molecule has 0 saturated heterocycles. The molecule has 4 aromatic rings. The second-order valence-corrected chi connectivity index (χ2v) is 7.86. The number of hydrogen-bond acceptors (Lipinski definition) is 5. The summed E-state index contributed by atoms with van der Waals surface area (Å²) in [6.07, 6.45) is -1.16. The van der Waals surface area contributed by atoms with Gasteiger partial charge in [0, 0.05) is 11.4 Å². The number of rotatable bonds is 7. The highest BCUT2D eigenvalue weighted by atomic mass is 35.5. The topological polar surface area (TPSA) is 94.3 Å². The number of nitrogens with zero attached hydrogens (tertiary/aromatic N) is 3. The molecular formula is C23H17Cl2N3O4. The van der Waals surface area contributed by atoms with Crippen LogP contribution in [0.3, 0.4) is 0 Å². The van der Waals surface area contributed by atoms with Gasteiger partial charge in [0.2, 0.25) is 0 Å². The number of carboxylic acids is 1. The lowest BCUT2D eigenvalue weighted by atomic mass is 10.1. The van der Waals surface area contributed by atoms with Crippen LogP contribution in [0.4, 0.5) is 0 Å². The van der Waals surface area contributed by atoms with E-state index in [1.165, 1.54) is 0 Å².